The molecule has 0 fully saturated rings. The van der Waals surface area contributed by atoms with Crippen molar-refractivity contribution in [1.29, 1.82) is 0 Å². The fraction of sp³-hybridized carbons (Fsp3) is 0.538. The van der Waals surface area contributed by atoms with Gasteiger partial charge in [-0.25, -0.2) is 0 Å². The number of hydrogen-bond donors (Lipinski definition) is 1. The highest BCUT2D eigenvalue weighted by Gasteiger charge is 2.04. The van der Waals surface area contributed by atoms with Crippen LogP contribution in [0.5, 0.6) is 5.75 Å². The summed E-state index contributed by atoms with van der Waals surface area (Å²) in [6.45, 7) is 2.52. The summed E-state index contributed by atoms with van der Waals surface area (Å²) in [5.41, 5.74) is 1.34. The molecule has 84 valence electrons. The van der Waals surface area contributed by atoms with Crippen molar-refractivity contribution < 1.29 is 9.84 Å². The summed E-state index contributed by atoms with van der Waals surface area (Å²) < 4.78 is 5.11. The molecule has 0 heterocycles. The first-order valence-electron chi connectivity index (χ1n) is 5.52. The van der Waals surface area contributed by atoms with Crippen LogP contribution in [0.4, 0.5) is 0 Å². The monoisotopic (exact) mass is 208 g/mol. The lowest BCUT2D eigenvalue weighted by Gasteiger charge is -2.11. The lowest BCUT2D eigenvalue weighted by molar-refractivity contribution is 0.281. The van der Waals surface area contributed by atoms with Crippen LogP contribution in [0.15, 0.2) is 24.3 Å². The lowest BCUT2D eigenvalue weighted by Crippen LogP contribution is -1.95. The zero-order valence-electron chi connectivity index (χ0n) is 9.57. The van der Waals surface area contributed by atoms with E-state index in [0.717, 1.165) is 25.0 Å². The van der Waals surface area contributed by atoms with Gasteiger partial charge in [-0.15, -0.1) is 0 Å². The molecule has 2 nitrogen and oxygen atoms in total. The summed E-state index contributed by atoms with van der Waals surface area (Å²) in [7, 11) is 1.68. The van der Waals surface area contributed by atoms with Crippen LogP contribution in [0.25, 0.3) is 0 Å². The van der Waals surface area contributed by atoms with Crippen LogP contribution in [0, 0.1) is 0 Å². The molecule has 0 amide bonds. The van der Waals surface area contributed by atoms with E-state index < -0.39 is 0 Å². The predicted molar refractivity (Wildman–Crippen MR) is 62.3 cm³/mol. The summed E-state index contributed by atoms with van der Waals surface area (Å²) >= 11 is 0. The van der Waals surface area contributed by atoms with Gasteiger partial charge in [-0.05, 0) is 36.5 Å². The van der Waals surface area contributed by atoms with E-state index in [1.807, 2.05) is 12.1 Å². The van der Waals surface area contributed by atoms with Crippen molar-refractivity contribution >= 4 is 0 Å². The fourth-order valence-corrected chi connectivity index (χ4v) is 1.66. The maximum Gasteiger partial charge on any atom is 0.118 e. The highest BCUT2D eigenvalue weighted by Crippen LogP contribution is 2.23. The minimum Gasteiger partial charge on any atom is -0.497 e. The molecule has 0 aliphatic heterocycles. The van der Waals surface area contributed by atoms with Crippen LogP contribution in [0.3, 0.4) is 0 Å². The maximum absolute atomic E-state index is 8.70. The van der Waals surface area contributed by atoms with Crippen LogP contribution in [-0.4, -0.2) is 18.8 Å². The standard InChI is InChI=1S/C13H20O2/c1-11(5-3-4-10-14)12-6-8-13(15-2)9-7-12/h6-9,11,14H,3-5,10H2,1-2H3. The van der Waals surface area contributed by atoms with Crippen molar-refractivity contribution in [2.75, 3.05) is 13.7 Å². The van der Waals surface area contributed by atoms with Crippen molar-refractivity contribution in [1.82, 2.24) is 0 Å². The Bertz CT molecular complexity index is 266. The van der Waals surface area contributed by atoms with Gasteiger partial charge in [-0.2, -0.15) is 0 Å². The van der Waals surface area contributed by atoms with E-state index >= 15 is 0 Å². The van der Waals surface area contributed by atoms with Gasteiger partial charge in [0, 0.05) is 6.61 Å². The molecule has 2 heteroatoms. The number of hydrogen-bond acceptors (Lipinski definition) is 2. The molecule has 0 aliphatic rings. The fourth-order valence-electron chi connectivity index (χ4n) is 1.66. The highest BCUT2D eigenvalue weighted by atomic mass is 16.5. The van der Waals surface area contributed by atoms with E-state index in [-0.39, 0.29) is 0 Å². The Morgan fingerprint density at radius 1 is 1.20 bits per heavy atom. The number of methoxy groups -OCH3 is 1. The molecule has 1 atom stereocenters. The molecular weight excluding hydrogens is 188 g/mol. The van der Waals surface area contributed by atoms with E-state index in [4.69, 9.17) is 9.84 Å². The van der Waals surface area contributed by atoms with Gasteiger partial charge < -0.3 is 9.84 Å². The molecule has 0 saturated heterocycles. The average Bonchev–Trinajstić information content (AvgIpc) is 2.29. The van der Waals surface area contributed by atoms with Crippen molar-refractivity contribution in [3.8, 4) is 5.75 Å². The first kappa shape index (κ1) is 12.1. The molecule has 1 N–H and O–H groups in total. The Morgan fingerprint density at radius 2 is 1.87 bits per heavy atom. The van der Waals surface area contributed by atoms with E-state index in [0.29, 0.717) is 12.5 Å². The van der Waals surface area contributed by atoms with Gasteiger partial charge in [0.15, 0.2) is 0 Å². The quantitative estimate of drug-likeness (QED) is 0.728. The molecule has 0 aliphatic carbocycles. The van der Waals surface area contributed by atoms with E-state index in [1.54, 1.807) is 7.11 Å². The Hall–Kier alpha value is -1.02. The zero-order valence-corrected chi connectivity index (χ0v) is 9.57. The highest BCUT2D eigenvalue weighted by molar-refractivity contribution is 5.28. The number of aliphatic hydroxyl groups is 1. The number of aliphatic hydroxyl groups excluding tert-OH is 1. The largest absolute Gasteiger partial charge is 0.497 e. The second kappa shape index (κ2) is 6.46. The molecule has 1 unspecified atom stereocenters. The topological polar surface area (TPSA) is 29.5 Å². The average molecular weight is 208 g/mol. The number of rotatable bonds is 6. The molecule has 0 spiro atoms. The van der Waals surface area contributed by atoms with Gasteiger partial charge in [-0.1, -0.05) is 25.5 Å². The van der Waals surface area contributed by atoms with Crippen molar-refractivity contribution in [3.05, 3.63) is 29.8 Å². The molecule has 0 aromatic heterocycles. The minimum absolute atomic E-state index is 0.301. The maximum atomic E-state index is 8.70. The van der Waals surface area contributed by atoms with E-state index in [2.05, 4.69) is 19.1 Å². The summed E-state index contributed by atoms with van der Waals surface area (Å²) in [6.07, 6.45) is 3.12. The van der Waals surface area contributed by atoms with Crippen LogP contribution >= 0.6 is 0 Å². The molecule has 1 aromatic carbocycles. The Balaban J connectivity index is 2.46. The van der Waals surface area contributed by atoms with Gasteiger partial charge >= 0.3 is 0 Å². The number of unbranched alkanes of at least 4 members (excludes halogenated alkanes) is 1. The molecule has 1 aromatic rings. The van der Waals surface area contributed by atoms with Crippen molar-refractivity contribution in [3.63, 3.8) is 0 Å². The SMILES string of the molecule is COc1ccc(C(C)CCCCO)cc1. The summed E-state index contributed by atoms with van der Waals surface area (Å²) in [5.74, 6) is 1.46. The van der Waals surface area contributed by atoms with Gasteiger partial charge in [-0.3, -0.25) is 0 Å². The molecule has 1 rings (SSSR count). The Labute approximate surface area is 91.9 Å². The van der Waals surface area contributed by atoms with Gasteiger partial charge in [0.1, 0.15) is 5.75 Å². The van der Waals surface area contributed by atoms with E-state index in [9.17, 15) is 0 Å². The molecule has 15 heavy (non-hydrogen) atoms. The smallest absolute Gasteiger partial charge is 0.118 e. The van der Waals surface area contributed by atoms with Crippen LogP contribution < -0.4 is 4.74 Å². The second-order valence-electron chi connectivity index (χ2n) is 3.89. The van der Waals surface area contributed by atoms with Crippen molar-refractivity contribution in [2.45, 2.75) is 32.1 Å². The Kier molecular flexibility index (Phi) is 5.19. The molecular formula is C13H20O2. The first-order chi connectivity index (χ1) is 7.27. The molecule has 0 bridgehead atoms. The third-order valence-electron chi connectivity index (χ3n) is 2.73. The molecule has 0 radical (unpaired) electrons. The predicted octanol–water partition coefficient (Wildman–Crippen LogP) is 2.96. The third-order valence-corrected chi connectivity index (χ3v) is 2.73. The third kappa shape index (κ3) is 3.92. The number of benzene rings is 1. The minimum atomic E-state index is 0.301. The van der Waals surface area contributed by atoms with Gasteiger partial charge in [0.2, 0.25) is 0 Å². The van der Waals surface area contributed by atoms with Crippen LogP contribution in [0.1, 0.15) is 37.7 Å². The van der Waals surface area contributed by atoms with Gasteiger partial charge in [0.25, 0.3) is 0 Å². The summed E-state index contributed by atoms with van der Waals surface area (Å²) in [4.78, 5) is 0. The summed E-state index contributed by atoms with van der Waals surface area (Å²) in [6, 6.07) is 8.22. The second-order valence-corrected chi connectivity index (χ2v) is 3.89. The molecule has 0 saturated carbocycles. The van der Waals surface area contributed by atoms with Crippen LogP contribution in [-0.2, 0) is 0 Å². The summed E-state index contributed by atoms with van der Waals surface area (Å²) in [5, 5.41) is 8.70. The van der Waals surface area contributed by atoms with Crippen LogP contribution in [0.2, 0.25) is 0 Å². The number of ether oxygens (including phenoxy) is 1. The first-order valence-corrected chi connectivity index (χ1v) is 5.52. The normalized spacial score (nSPS) is 12.5. The zero-order chi connectivity index (χ0) is 11.1. The lowest BCUT2D eigenvalue weighted by atomic mass is 9.95. The van der Waals surface area contributed by atoms with Crippen molar-refractivity contribution in [2.24, 2.45) is 0 Å². The van der Waals surface area contributed by atoms with Gasteiger partial charge in [0.05, 0.1) is 7.11 Å². The van der Waals surface area contributed by atoms with E-state index in [1.165, 1.54) is 5.56 Å². The Morgan fingerprint density at radius 3 is 2.40 bits per heavy atom.